The van der Waals surface area contributed by atoms with Gasteiger partial charge in [0.1, 0.15) is 17.5 Å². The number of nitrogens with two attached hydrogens (primary N) is 1. The summed E-state index contributed by atoms with van der Waals surface area (Å²) < 4.78 is 39.8. The summed E-state index contributed by atoms with van der Waals surface area (Å²) in [6, 6.07) is 5.40. The molecule has 20 heavy (non-hydrogen) atoms. The van der Waals surface area contributed by atoms with E-state index < -0.39 is 23.4 Å². The van der Waals surface area contributed by atoms with Gasteiger partial charge >= 0.3 is 0 Å². The first-order valence-corrected chi connectivity index (χ1v) is 5.70. The summed E-state index contributed by atoms with van der Waals surface area (Å²) >= 11 is 0. The van der Waals surface area contributed by atoms with Crippen LogP contribution in [-0.4, -0.2) is 5.91 Å². The van der Waals surface area contributed by atoms with Crippen LogP contribution in [-0.2, 0) is 0 Å². The Kier molecular flexibility index (Phi) is 3.65. The van der Waals surface area contributed by atoms with Crippen LogP contribution in [0.4, 0.5) is 24.5 Å². The summed E-state index contributed by atoms with van der Waals surface area (Å²) in [4.78, 5) is 11.8. The maximum absolute atomic E-state index is 13.5. The van der Waals surface area contributed by atoms with Gasteiger partial charge in [-0.1, -0.05) is 6.07 Å². The topological polar surface area (TPSA) is 55.1 Å². The quantitative estimate of drug-likeness (QED) is 0.830. The lowest BCUT2D eigenvalue weighted by molar-refractivity contribution is 0.102. The molecule has 0 saturated carbocycles. The Hall–Kier alpha value is -2.50. The van der Waals surface area contributed by atoms with Crippen molar-refractivity contribution >= 4 is 17.3 Å². The lowest BCUT2D eigenvalue weighted by atomic mass is 10.1. The number of benzene rings is 2. The monoisotopic (exact) mass is 280 g/mol. The molecule has 0 unspecified atom stereocenters. The van der Waals surface area contributed by atoms with Gasteiger partial charge in [0.05, 0.1) is 11.4 Å². The fourth-order valence-electron chi connectivity index (χ4n) is 1.59. The first-order valence-electron chi connectivity index (χ1n) is 5.70. The number of anilines is 2. The van der Waals surface area contributed by atoms with E-state index in [1.165, 1.54) is 12.1 Å². The zero-order valence-electron chi connectivity index (χ0n) is 10.5. The van der Waals surface area contributed by atoms with Crippen molar-refractivity contribution in [2.45, 2.75) is 6.92 Å². The second kappa shape index (κ2) is 5.24. The van der Waals surface area contributed by atoms with Gasteiger partial charge in [-0.25, -0.2) is 13.2 Å². The van der Waals surface area contributed by atoms with Crippen molar-refractivity contribution in [2.75, 3.05) is 11.1 Å². The van der Waals surface area contributed by atoms with E-state index >= 15 is 0 Å². The number of nitrogens with one attached hydrogen (secondary N) is 1. The minimum atomic E-state index is -0.961. The van der Waals surface area contributed by atoms with E-state index in [9.17, 15) is 18.0 Å². The zero-order chi connectivity index (χ0) is 14.9. The van der Waals surface area contributed by atoms with E-state index in [2.05, 4.69) is 5.32 Å². The molecule has 0 radical (unpaired) electrons. The van der Waals surface area contributed by atoms with E-state index in [1.54, 1.807) is 6.92 Å². The molecule has 0 aliphatic rings. The van der Waals surface area contributed by atoms with Crippen molar-refractivity contribution in [3.63, 3.8) is 0 Å². The molecule has 0 heterocycles. The molecule has 0 aliphatic carbocycles. The average molecular weight is 280 g/mol. The molecule has 0 aliphatic heterocycles. The predicted octanol–water partition coefficient (Wildman–Crippen LogP) is 3.25. The number of halogens is 3. The molecule has 2 aromatic rings. The van der Waals surface area contributed by atoms with Crippen molar-refractivity contribution in [1.82, 2.24) is 0 Å². The zero-order valence-corrected chi connectivity index (χ0v) is 10.5. The van der Waals surface area contributed by atoms with Gasteiger partial charge in [0.15, 0.2) is 0 Å². The maximum atomic E-state index is 13.5. The fourth-order valence-corrected chi connectivity index (χ4v) is 1.59. The SMILES string of the molecule is Cc1ccc(C(=O)Nc2cc(N)c(F)cc2F)cc1F. The van der Waals surface area contributed by atoms with Gasteiger partial charge in [-0.3, -0.25) is 4.79 Å². The third-order valence-corrected chi connectivity index (χ3v) is 2.77. The van der Waals surface area contributed by atoms with E-state index in [-0.39, 0.29) is 16.9 Å². The van der Waals surface area contributed by atoms with E-state index in [0.717, 1.165) is 12.1 Å². The second-order valence-electron chi connectivity index (χ2n) is 4.27. The van der Waals surface area contributed by atoms with Crippen LogP contribution in [0.5, 0.6) is 0 Å². The normalized spacial score (nSPS) is 10.4. The molecule has 0 spiro atoms. The second-order valence-corrected chi connectivity index (χ2v) is 4.27. The standard InChI is InChI=1S/C14H11F3N2O/c1-7-2-3-8(4-9(7)15)14(20)19-13-6-12(18)10(16)5-11(13)17/h2-6H,18H2,1H3,(H,19,20). The number of carbonyl (C=O) groups is 1. The highest BCUT2D eigenvalue weighted by Gasteiger charge is 2.13. The number of rotatable bonds is 2. The summed E-state index contributed by atoms with van der Waals surface area (Å²) in [5.74, 6) is -3.13. The number of amides is 1. The third-order valence-electron chi connectivity index (χ3n) is 2.77. The first kappa shape index (κ1) is 13.9. The number of nitrogen functional groups attached to an aromatic ring is 1. The summed E-state index contributed by atoms with van der Waals surface area (Å²) in [6.07, 6.45) is 0. The van der Waals surface area contributed by atoms with Crippen molar-refractivity contribution in [2.24, 2.45) is 0 Å². The molecule has 0 atom stereocenters. The Morgan fingerprint density at radius 3 is 2.40 bits per heavy atom. The van der Waals surface area contributed by atoms with Crippen LogP contribution < -0.4 is 11.1 Å². The van der Waals surface area contributed by atoms with Gasteiger partial charge in [0, 0.05) is 11.6 Å². The summed E-state index contributed by atoms with van der Waals surface area (Å²) in [5.41, 5.74) is 5.14. The molecule has 3 N–H and O–H groups in total. The van der Waals surface area contributed by atoms with Crippen LogP contribution in [0.3, 0.4) is 0 Å². The molecule has 3 nitrogen and oxygen atoms in total. The van der Waals surface area contributed by atoms with Gasteiger partial charge < -0.3 is 11.1 Å². The smallest absolute Gasteiger partial charge is 0.255 e. The minimum Gasteiger partial charge on any atom is -0.396 e. The van der Waals surface area contributed by atoms with Crippen LogP contribution >= 0.6 is 0 Å². The minimum absolute atomic E-state index is 0.0235. The number of carbonyl (C=O) groups excluding carboxylic acids is 1. The van der Waals surface area contributed by atoms with Crippen molar-refractivity contribution in [3.8, 4) is 0 Å². The molecule has 0 fully saturated rings. The highest BCUT2D eigenvalue weighted by Crippen LogP contribution is 2.22. The number of hydrogen-bond donors (Lipinski definition) is 2. The fraction of sp³-hybridized carbons (Fsp3) is 0.0714. The maximum Gasteiger partial charge on any atom is 0.255 e. The van der Waals surface area contributed by atoms with E-state index in [1.807, 2.05) is 0 Å². The molecule has 1 amide bonds. The lowest BCUT2D eigenvalue weighted by Crippen LogP contribution is -2.14. The molecule has 2 rings (SSSR count). The number of aryl methyl sites for hydroxylation is 1. The van der Waals surface area contributed by atoms with E-state index in [0.29, 0.717) is 11.6 Å². The summed E-state index contributed by atoms with van der Waals surface area (Å²) in [7, 11) is 0. The van der Waals surface area contributed by atoms with Gasteiger partial charge in [0.2, 0.25) is 0 Å². The third kappa shape index (κ3) is 2.74. The van der Waals surface area contributed by atoms with Crippen LogP contribution in [0.2, 0.25) is 0 Å². The highest BCUT2D eigenvalue weighted by atomic mass is 19.1. The Morgan fingerprint density at radius 2 is 1.75 bits per heavy atom. The Morgan fingerprint density at radius 1 is 1.05 bits per heavy atom. The Bertz CT molecular complexity index is 686. The molecule has 2 aromatic carbocycles. The summed E-state index contributed by atoms with van der Waals surface area (Å²) in [5, 5.41) is 2.21. The van der Waals surface area contributed by atoms with Crippen LogP contribution in [0.15, 0.2) is 30.3 Å². The van der Waals surface area contributed by atoms with Gasteiger partial charge in [-0.05, 0) is 30.7 Å². The molecule has 104 valence electrons. The molecule has 6 heteroatoms. The number of hydrogen-bond acceptors (Lipinski definition) is 2. The average Bonchev–Trinajstić information content (AvgIpc) is 2.39. The summed E-state index contributed by atoms with van der Waals surface area (Å²) in [6.45, 7) is 1.55. The van der Waals surface area contributed by atoms with Crippen LogP contribution in [0.1, 0.15) is 15.9 Å². The van der Waals surface area contributed by atoms with Gasteiger partial charge in [-0.2, -0.15) is 0 Å². The first-order chi connectivity index (χ1) is 9.38. The van der Waals surface area contributed by atoms with Gasteiger partial charge in [0.25, 0.3) is 5.91 Å². The molecule has 0 saturated heterocycles. The lowest BCUT2D eigenvalue weighted by Gasteiger charge is -2.08. The molecular weight excluding hydrogens is 269 g/mol. The van der Waals surface area contributed by atoms with Gasteiger partial charge in [-0.15, -0.1) is 0 Å². The highest BCUT2D eigenvalue weighted by molar-refractivity contribution is 6.04. The van der Waals surface area contributed by atoms with Crippen molar-refractivity contribution in [3.05, 3.63) is 58.9 Å². The van der Waals surface area contributed by atoms with Crippen LogP contribution in [0, 0.1) is 24.4 Å². The van der Waals surface area contributed by atoms with Crippen molar-refractivity contribution in [1.29, 1.82) is 0 Å². The largest absolute Gasteiger partial charge is 0.396 e. The predicted molar refractivity (Wildman–Crippen MR) is 69.9 cm³/mol. The Balaban J connectivity index is 2.27. The molecule has 0 aromatic heterocycles. The van der Waals surface area contributed by atoms with Crippen LogP contribution in [0.25, 0.3) is 0 Å². The van der Waals surface area contributed by atoms with Crippen molar-refractivity contribution < 1.29 is 18.0 Å². The van der Waals surface area contributed by atoms with E-state index in [4.69, 9.17) is 5.73 Å². The molecule has 0 bridgehead atoms. The Labute approximate surface area is 113 Å². The molecular formula is C14H11F3N2O.